The number of hydrogen-bond acceptors (Lipinski definition) is 1. The first kappa shape index (κ1) is 12.0. The van der Waals surface area contributed by atoms with Crippen LogP contribution in [0.2, 0.25) is 0 Å². The fourth-order valence-corrected chi connectivity index (χ4v) is 1.97. The highest BCUT2D eigenvalue weighted by Crippen LogP contribution is 2.25. The Hall–Kier alpha value is -0.0900. The van der Waals surface area contributed by atoms with Crippen molar-refractivity contribution in [3.8, 4) is 0 Å². The third-order valence-corrected chi connectivity index (χ3v) is 2.61. The van der Waals surface area contributed by atoms with E-state index in [4.69, 9.17) is 4.74 Å². The van der Waals surface area contributed by atoms with Gasteiger partial charge in [0.2, 0.25) is 0 Å². The summed E-state index contributed by atoms with van der Waals surface area (Å²) in [6, 6.07) is 10.4. The lowest BCUT2D eigenvalue weighted by molar-refractivity contribution is -0.0493. The van der Waals surface area contributed by atoms with Crippen LogP contribution < -0.4 is 0 Å². The van der Waals surface area contributed by atoms with E-state index in [0.29, 0.717) is 0 Å². The first-order valence-corrected chi connectivity index (χ1v) is 6.34. The van der Waals surface area contributed by atoms with E-state index in [-0.39, 0.29) is 11.7 Å². The zero-order valence-electron chi connectivity index (χ0n) is 8.96. The minimum atomic E-state index is -0.0777. The highest BCUT2D eigenvalue weighted by atomic mass is 127. The fourth-order valence-electron chi connectivity index (χ4n) is 1.28. The summed E-state index contributed by atoms with van der Waals surface area (Å²) in [4.78, 5) is 0. The molecule has 0 N–H and O–H groups in total. The van der Waals surface area contributed by atoms with Crippen LogP contribution in [-0.4, -0.2) is 10.0 Å². The molecule has 78 valence electrons. The lowest BCUT2D eigenvalue weighted by atomic mass is 10.1. The average Bonchev–Trinajstić information content (AvgIpc) is 2.14. The van der Waals surface area contributed by atoms with Gasteiger partial charge in [0.05, 0.1) is 11.7 Å². The molecule has 0 bridgehead atoms. The Morgan fingerprint density at radius 1 is 1.21 bits per heavy atom. The van der Waals surface area contributed by atoms with Gasteiger partial charge in [-0.3, -0.25) is 0 Å². The van der Waals surface area contributed by atoms with Gasteiger partial charge in [0, 0.05) is 4.43 Å². The van der Waals surface area contributed by atoms with Crippen LogP contribution in [0.1, 0.15) is 32.4 Å². The van der Waals surface area contributed by atoms with Crippen molar-refractivity contribution in [3.05, 3.63) is 35.9 Å². The average molecular weight is 304 g/mol. The highest BCUT2D eigenvalue weighted by Gasteiger charge is 2.18. The molecule has 0 saturated heterocycles. The van der Waals surface area contributed by atoms with E-state index in [0.717, 1.165) is 4.43 Å². The molecule has 14 heavy (non-hydrogen) atoms. The molecule has 0 aliphatic carbocycles. The van der Waals surface area contributed by atoms with E-state index in [1.54, 1.807) is 0 Å². The van der Waals surface area contributed by atoms with E-state index in [9.17, 15) is 0 Å². The van der Waals surface area contributed by atoms with E-state index in [1.165, 1.54) is 5.56 Å². The molecule has 0 radical (unpaired) electrons. The SMILES string of the molecule is CC(C)(C)OC(CI)c1ccccc1. The molecule has 2 heteroatoms. The zero-order valence-corrected chi connectivity index (χ0v) is 11.1. The minimum absolute atomic E-state index is 0.0777. The van der Waals surface area contributed by atoms with Crippen LogP contribution in [0.3, 0.4) is 0 Å². The van der Waals surface area contributed by atoms with Gasteiger partial charge in [0.15, 0.2) is 0 Å². The number of halogens is 1. The molecule has 0 aliphatic rings. The Labute approximate surface area is 100.0 Å². The van der Waals surface area contributed by atoms with Gasteiger partial charge >= 0.3 is 0 Å². The van der Waals surface area contributed by atoms with Crippen molar-refractivity contribution in [3.63, 3.8) is 0 Å². The quantitative estimate of drug-likeness (QED) is 0.606. The molecule has 1 unspecified atom stereocenters. The molecule has 0 aromatic heterocycles. The molecule has 1 atom stereocenters. The van der Waals surface area contributed by atoms with E-state index >= 15 is 0 Å². The topological polar surface area (TPSA) is 9.23 Å². The normalized spacial score (nSPS) is 14.0. The van der Waals surface area contributed by atoms with Gasteiger partial charge in [-0.25, -0.2) is 0 Å². The van der Waals surface area contributed by atoms with Crippen LogP contribution in [-0.2, 0) is 4.74 Å². The molecule has 0 heterocycles. The number of ether oxygens (including phenoxy) is 1. The maximum Gasteiger partial charge on any atom is 0.0921 e. The summed E-state index contributed by atoms with van der Waals surface area (Å²) in [5.74, 6) is 0. The number of benzene rings is 1. The second-order valence-electron chi connectivity index (χ2n) is 4.28. The number of hydrogen-bond donors (Lipinski definition) is 0. The monoisotopic (exact) mass is 304 g/mol. The van der Waals surface area contributed by atoms with E-state index < -0.39 is 0 Å². The van der Waals surface area contributed by atoms with Gasteiger partial charge in [-0.15, -0.1) is 0 Å². The van der Waals surface area contributed by atoms with Crippen molar-refractivity contribution in [2.75, 3.05) is 4.43 Å². The lowest BCUT2D eigenvalue weighted by Gasteiger charge is -2.26. The molecule has 0 fully saturated rings. The van der Waals surface area contributed by atoms with Gasteiger partial charge in [-0.05, 0) is 26.3 Å². The predicted molar refractivity (Wildman–Crippen MR) is 68.9 cm³/mol. The standard InChI is InChI=1S/C12H17IO/c1-12(2,3)14-11(9-13)10-7-5-4-6-8-10/h4-8,11H,9H2,1-3H3. The van der Waals surface area contributed by atoms with Crippen LogP contribution >= 0.6 is 22.6 Å². The second-order valence-corrected chi connectivity index (χ2v) is 5.16. The van der Waals surface area contributed by atoms with Gasteiger partial charge in [-0.2, -0.15) is 0 Å². The first-order chi connectivity index (χ1) is 6.53. The molecule has 1 aromatic rings. The number of rotatable bonds is 3. The van der Waals surface area contributed by atoms with Crippen LogP contribution in [0.25, 0.3) is 0 Å². The Bertz CT molecular complexity index is 263. The Kier molecular flexibility index (Phi) is 4.38. The van der Waals surface area contributed by atoms with Gasteiger partial charge in [-0.1, -0.05) is 52.9 Å². The lowest BCUT2D eigenvalue weighted by Crippen LogP contribution is -2.23. The highest BCUT2D eigenvalue weighted by molar-refractivity contribution is 14.1. The molecule has 0 spiro atoms. The van der Waals surface area contributed by atoms with Gasteiger partial charge in [0.1, 0.15) is 0 Å². The van der Waals surface area contributed by atoms with E-state index in [1.807, 2.05) is 6.07 Å². The summed E-state index contributed by atoms with van der Waals surface area (Å²) in [6.45, 7) is 6.28. The van der Waals surface area contributed by atoms with Crippen LogP contribution in [0, 0.1) is 0 Å². The molecule has 0 aliphatic heterocycles. The van der Waals surface area contributed by atoms with Crippen molar-refractivity contribution < 1.29 is 4.74 Å². The van der Waals surface area contributed by atoms with Crippen molar-refractivity contribution >= 4 is 22.6 Å². The molecule has 0 amide bonds. The Morgan fingerprint density at radius 2 is 1.79 bits per heavy atom. The Morgan fingerprint density at radius 3 is 2.21 bits per heavy atom. The van der Waals surface area contributed by atoms with Crippen LogP contribution in [0.5, 0.6) is 0 Å². The fraction of sp³-hybridized carbons (Fsp3) is 0.500. The summed E-state index contributed by atoms with van der Waals surface area (Å²) < 4.78 is 6.95. The summed E-state index contributed by atoms with van der Waals surface area (Å²) in [5, 5.41) is 0. The predicted octanol–water partition coefficient (Wildman–Crippen LogP) is 3.98. The third kappa shape index (κ3) is 3.96. The van der Waals surface area contributed by atoms with Gasteiger partial charge < -0.3 is 4.74 Å². The molecule has 1 nitrogen and oxygen atoms in total. The largest absolute Gasteiger partial charge is 0.367 e. The Balaban J connectivity index is 2.73. The second kappa shape index (κ2) is 5.12. The van der Waals surface area contributed by atoms with E-state index in [2.05, 4.69) is 67.6 Å². The van der Waals surface area contributed by atoms with Crippen LogP contribution in [0.15, 0.2) is 30.3 Å². The molecule has 0 saturated carbocycles. The maximum absolute atomic E-state index is 5.97. The first-order valence-electron chi connectivity index (χ1n) is 4.81. The maximum atomic E-state index is 5.97. The van der Waals surface area contributed by atoms with Crippen LogP contribution in [0.4, 0.5) is 0 Å². The summed E-state index contributed by atoms with van der Waals surface area (Å²) in [6.07, 6.45) is 0.205. The molecule has 1 aromatic carbocycles. The van der Waals surface area contributed by atoms with Crippen molar-refractivity contribution in [2.24, 2.45) is 0 Å². The summed E-state index contributed by atoms with van der Waals surface area (Å²) in [7, 11) is 0. The number of alkyl halides is 1. The smallest absolute Gasteiger partial charge is 0.0921 e. The zero-order chi connectivity index (χ0) is 10.6. The molecule has 1 rings (SSSR count). The van der Waals surface area contributed by atoms with Crippen molar-refractivity contribution in [1.29, 1.82) is 0 Å². The summed E-state index contributed by atoms with van der Waals surface area (Å²) in [5.41, 5.74) is 1.18. The molecular weight excluding hydrogens is 287 g/mol. The third-order valence-electron chi connectivity index (χ3n) is 1.81. The molecular formula is C12H17IO. The summed E-state index contributed by atoms with van der Waals surface area (Å²) >= 11 is 2.37. The van der Waals surface area contributed by atoms with Crippen molar-refractivity contribution in [1.82, 2.24) is 0 Å². The minimum Gasteiger partial charge on any atom is -0.367 e. The van der Waals surface area contributed by atoms with Gasteiger partial charge in [0.25, 0.3) is 0 Å². The van der Waals surface area contributed by atoms with Crippen molar-refractivity contribution in [2.45, 2.75) is 32.5 Å².